The summed E-state index contributed by atoms with van der Waals surface area (Å²) in [7, 11) is -2.65. The number of nitrogens with two attached hydrogens (primary N) is 1. The van der Waals surface area contributed by atoms with Gasteiger partial charge in [-0.25, -0.2) is 12.8 Å². The van der Waals surface area contributed by atoms with Crippen LogP contribution < -0.4 is 15.2 Å². The summed E-state index contributed by atoms with van der Waals surface area (Å²) in [5.41, 5.74) is 6.04. The quantitative estimate of drug-likeness (QED) is 0.806. The minimum Gasteiger partial charge on any atom is -0.497 e. The van der Waals surface area contributed by atoms with E-state index in [-0.39, 0.29) is 11.4 Å². The highest BCUT2D eigenvalue weighted by Gasteiger charge is 2.20. The number of halogens is 2. The van der Waals surface area contributed by atoms with Crippen LogP contribution in [0.15, 0.2) is 45.8 Å². The van der Waals surface area contributed by atoms with E-state index in [0.29, 0.717) is 10.2 Å². The predicted molar refractivity (Wildman–Crippen MR) is 82.3 cm³/mol. The molecule has 0 saturated carbocycles. The van der Waals surface area contributed by atoms with E-state index in [9.17, 15) is 12.8 Å². The molecule has 0 amide bonds. The minimum atomic E-state index is -4.09. The molecule has 0 saturated heterocycles. The molecule has 21 heavy (non-hydrogen) atoms. The fraction of sp³-hybridized carbons (Fsp3) is 0.0769. The van der Waals surface area contributed by atoms with Crippen molar-refractivity contribution in [3.8, 4) is 5.75 Å². The van der Waals surface area contributed by atoms with Gasteiger partial charge in [0.2, 0.25) is 0 Å². The molecule has 0 fully saturated rings. The van der Waals surface area contributed by atoms with E-state index in [1.807, 2.05) is 0 Å². The third-order valence-corrected chi connectivity index (χ3v) is 4.58. The standard InChI is InChI=1S/C13H12BrFN2O3S/c1-20-9-3-4-11(16)12(7-9)17-21(18,19)13-5-2-8(14)6-10(13)15/h2-7,17H,16H2,1H3. The second-order valence-corrected chi connectivity index (χ2v) is 6.70. The molecule has 3 N–H and O–H groups in total. The van der Waals surface area contributed by atoms with Gasteiger partial charge in [0.1, 0.15) is 16.5 Å². The van der Waals surface area contributed by atoms with Gasteiger partial charge in [0.25, 0.3) is 10.0 Å². The number of hydrogen-bond donors (Lipinski definition) is 2. The van der Waals surface area contributed by atoms with E-state index in [4.69, 9.17) is 10.5 Å². The molecule has 2 aromatic carbocycles. The molecule has 0 aliphatic heterocycles. The zero-order chi connectivity index (χ0) is 15.6. The lowest BCUT2D eigenvalue weighted by Gasteiger charge is -2.12. The van der Waals surface area contributed by atoms with Crippen LogP contribution in [-0.4, -0.2) is 15.5 Å². The molecule has 0 heterocycles. The van der Waals surface area contributed by atoms with Crippen molar-refractivity contribution in [2.75, 3.05) is 17.6 Å². The molecule has 0 bridgehead atoms. The summed E-state index contributed by atoms with van der Waals surface area (Å²) < 4.78 is 45.9. The zero-order valence-electron chi connectivity index (χ0n) is 10.9. The maximum Gasteiger partial charge on any atom is 0.264 e. The van der Waals surface area contributed by atoms with Gasteiger partial charge in [0.15, 0.2) is 0 Å². The maximum atomic E-state index is 13.8. The SMILES string of the molecule is COc1ccc(N)c(NS(=O)(=O)c2ccc(Br)cc2F)c1. The molecule has 2 aromatic rings. The van der Waals surface area contributed by atoms with Crippen molar-refractivity contribution >= 4 is 37.3 Å². The van der Waals surface area contributed by atoms with Gasteiger partial charge in [-0.15, -0.1) is 0 Å². The Morgan fingerprint density at radius 2 is 1.95 bits per heavy atom. The number of anilines is 2. The molecule has 5 nitrogen and oxygen atoms in total. The van der Waals surface area contributed by atoms with Crippen LogP contribution in [0.1, 0.15) is 0 Å². The van der Waals surface area contributed by atoms with Crippen LogP contribution >= 0.6 is 15.9 Å². The molecule has 0 aromatic heterocycles. The molecule has 0 spiro atoms. The Bertz CT molecular complexity index is 781. The second kappa shape index (κ2) is 5.90. The summed E-state index contributed by atoms with van der Waals surface area (Å²) in [5.74, 6) is -0.434. The number of hydrogen-bond acceptors (Lipinski definition) is 4. The van der Waals surface area contributed by atoms with Gasteiger partial charge in [0.05, 0.1) is 18.5 Å². The van der Waals surface area contributed by atoms with E-state index in [1.165, 1.54) is 25.3 Å². The van der Waals surface area contributed by atoms with Crippen LogP contribution in [0, 0.1) is 5.82 Å². The first kappa shape index (κ1) is 15.6. The third-order valence-electron chi connectivity index (χ3n) is 2.69. The average molecular weight is 375 g/mol. The summed E-state index contributed by atoms with van der Waals surface area (Å²) in [6, 6.07) is 8.18. The normalized spacial score (nSPS) is 11.2. The van der Waals surface area contributed by atoms with Gasteiger partial charge >= 0.3 is 0 Å². The third kappa shape index (κ3) is 3.45. The highest BCUT2D eigenvalue weighted by atomic mass is 79.9. The first-order valence-electron chi connectivity index (χ1n) is 5.75. The molecular weight excluding hydrogens is 363 g/mol. The molecular formula is C13H12BrFN2O3S. The van der Waals surface area contributed by atoms with Gasteiger partial charge in [-0.3, -0.25) is 4.72 Å². The molecule has 0 aliphatic carbocycles. The topological polar surface area (TPSA) is 81.4 Å². The Morgan fingerprint density at radius 3 is 2.57 bits per heavy atom. The van der Waals surface area contributed by atoms with Crippen molar-refractivity contribution in [2.24, 2.45) is 0 Å². The van der Waals surface area contributed by atoms with E-state index in [0.717, 1.165) is 12.1 Å². The molecule has 2 rings (SSSR count). The fourth-order valence-corrected chi connectivity index (χ4v) is 3.12. The van der Waals surface area contributed by atoms with E-state index in [2.05, 4.69) is 20.7 Å². The Labute approximate surface area is 130 Å². The van der Waals surface area contributed by atoms with Crippen LogP contribution in [0.25, 0.3) is 0 Å². The van der Waals surface area contributed by atoms with Crippen LogP contribution in [0.2, 0.25) is 0 Å². The van der Waals surface area contributed by atoms with Gasteiger partial charge in [-0.1, -0.05) is 15.9 Å². The lowest BCUT2D eigenvalue weighted by molar-refractivity contribution is 0.415. The van der Waals surface area contributed by atoms with Gasteiger partial charge in [0, 0.05) is 10.5 Å². The smallest absolute Gasteiger partial charge is 0.264 e. The van der Waals surface area contributed by atoms with Gasteiger partial charge in [-0.05, 0) is 30.3 Å². The highest BCUT2D eigenvalue weighted by molar-refractivity contribution is 9.10. The molecule has 0 radical (unpaired) electrons. The Balaban J connectivity index is 2.42. The Kier molecular flexibility index (Phi) is 4.38. The lowest BCUT2D eigenvalue weighted by atomic mass is 10.2. The molecule has 112 valence electrons. The van der Waals surface area contributed by atoms with Crippen LogP contribution in [-0.2, 0) is 10.0 Å². The van der Waals surface area contributed by atoms with Crippen molar-refractivity contribution in [3.05, 3.63) is 46.7 Å². The number of nitrogen functional groups attached to an aromatic ring is 1. The number of nitrogens with one attached hydrogen (secondary N) is 1. The van der Waals surface area contributed by atoms with E-state index in [1.54, 1.807) is 6.07 Å². The summed E-state index contributed by atoms with van der Waals surface area (Å²) in [6.45, 7) is 0. The zero-order valence-corrected chi connectivity index (χ0v) is 13.3. The van der Waals surface area contributed by atoms with Crippen LogP contribution in [0.3, 0.4) is 0 Å². The Hall–Kier alpha value is -1.80. The first-order valence-corrected chi connectivity index (χ1v) is 8.02. The molecule has 8 heteroatoms. The Morgan fingerprint density at radius 1 is 1.24 bits per heavy atom. The summed E-state index contributed by atoms with van der Waals surface area (Å²) in [6.07, 6.45) is 0. The van der Waals surface area contributed by atoms with Gasteiger partial charge in [-0.2, -0.15) is 0 Å². The second-order valence-electron chi connectivity index (χ2n) is 4.13. The number of ether oxygens (including phenoxy) is 1. The molecule has 0 unspecified atom stereocenters. The predicted octanol–water partition coefficient (Wildman–Crippen LogP) is 2.98. The van der Waals surface area contributed by atoms with Crippen molar-refractivity contribution in [2.45, 2.75) is 4.90 Å². The lowest BCUT2D eigenvalue weighted by Crippen LogP contribution is -2.15. The number of methoxy groups -OCH3 is 1. The average Bonchev–Trinajstić information content (AvgIpc) is 2.40. The van der Waals surface area contributed by atoms with Crippen molar-refractivity contribution < 1.29 is 17.5 Å². The largest absolute Gasteiger partial charge is 0.497 e. The monoisotopic (exact) mass is 374 g/mol. The van der Waals surface area contributed by atoms with Crippen LogP contribution in [0.5, 0.6) is 5.75 Å². The summed E-state index contributed by atoms with van der Waals surface area (Å²) >= 11 is 3.07. The summed E-state index contributed by atoms with van der Waals surface area (Å²) in [4.78, 5) is -0.465. The van der Waals surface area contributed by atoms with Crippen molar-refractivity contribution in [3.63, 3.8) is 0 Å². The van der Waals surface area contributed by atoms with Crippen LogP contribution in [0.4, 0.5) is 15.8 Å². The van der Waals surface area contributed by atoms with Gasteiger partial charge < -0.3 is 10.5 Å². The van der Waals surface area contributed by atoms with E-state index < -0.39 is 20.7 Å². The number of benzene rings is 2. The summed E-state index contributed by atoms with van der Waals surface area (Å²) in [5, 5.41) is 0. The fourth-order valence-electron chi connectivity index (χ4n) is 1.64. The van der Waals surface area contributed by atoms with E-state index >= 15 is 0 Å². The molecule has 0 aliphatic rings. The minimum absolute atomic E-state index is 0.122. The first-order chi connectivity index (χ1) is 9.83. The number of rotatable bonds is 4. The van der Waals surface area contributed by atoms with Crippen molar-refractivity contribution in [1.29, 1.82) is 0 Å². The highest BCUT2D eigenvalue weighted by Crippen LogP contribution is 2.28. The number of sulfonamides is 1. The maximum absolute atomic E-state index is 13.8. The van der Waals surface area contributed by atoms with Crippen molar-refractivity contribution in [1.82, 2.24) is 0 Å². The molecule has 0 atom stereocenters.